The molecule has 2 rings (SSSR count). The van der Waals surface area contributed by atoms with Crippen LogP contribution in [-0.4, -0.2) is 24.5 Å². The van der Waals surface area contributed by atoms with Gasteiger partial charge in [-0.05, 0) is 69.7 Å². The van der Waals surface area contributed by atoms with Crippen LogP contribution in [0.2, 0.25) is 0 Å². The van der Waals surface area contributed by atoms with Gasteiger partial charge in [0.2, 0.25) is 0 Å². The summed E-state index contributed by atoms with van der Waals surface area (Å²) in [5.74, 6) is 0.574. The Hall–Kier alpha value is -0.960. The fourth-order valence-electron chi connectivity index (χ4n) is 3.65. The largest absolute Gasteiger partial charge is 0.303 e. The summed E-state index contributed by atoms with van der Waals surface area (Å²) in [6.45, 7) is 4.57. The number of hydrogen-bond acceptors (Lipinski definition) is 1. The van der Waals surface area contributed by atoms with Gasteiger partial charge in [0.1, 0.15) is 11.6 Å². The third-order valence-corrected chi connectivity index (χ3v) is 5.39. The van der Waals surface area contributed by atoms with Gasteiger partial charge in [-0.2, -0.15) is 0 Å². The third kappa shape index (κ3) is 3.63. The molecule has 0 aromatic heterocycles. The summed E-state index contributed by atoms with van der Waals surface area (Å²) < 4.78 is 27.1. The van der Waals surface area contributed by atoms with Gasteiger partial charge >= 0.3 is 0 Å². The zero-order valence-corrected chi connectivity index (χ0v) is 13.6. The van der Waals surface area contributed by atoms with E-state index in [9.17, 15) is 8.78 Å². The van der Waals surface area contributed by atoms with Crippen molar-refractivity contribution in [2.24, 2.45) is 11.8 Å². The highest BCUT2D eigenvalue weighted by atomic mass is 19.1. The Morgan fingerprint density at radius 1 is 1.19 bits per heavy atom. The number of nitrogens with zero attached hydrogens (tertiary/aromatic N) is 1. The summed E-state index contributed by atoms with van der Waals surface area (Å²) >= 11 is 0. The van der Waals surface area contributed by atoms with Crippen LogP contribution in [0.25, 0.3) is 0 Å². The van der Waals surface area contributed by atoms with Crippen LogP contribution < -0.4 is 0 Å². The van der Waals surface area contributed by atoms with Crippen LogP contribution in [0.4, 0.5) is 8.78 Å². The van der Waals surface area contributed by atoms with E-state index in [-0.39, 0.29) is 5.54 Å². The van der Waals surface area contributed by atoms with Crippen LogP contribution in [0, 0.1) is 23.5 Å². The highest BCUT2D eigenvalue weighted by Gasteiger charge is 2.38. The van der Waals surface area contributed by atoms with Gasteiger partial charge in [-0.15, -0.1) is 0 Å². The molecule has 1 aromatic carbocycles. The van der Waals surface area contributed by atoms with Gasteiger partial charge in [-0.3, -0.25) is 0 Å². The summed E-state index contributed by atoms with van der Waals surface area (Å²) in [6, 6.07) is 3.96. The maximum Gasteiger partial charge on any atom is 0.129 e. The van der Waals surface area contributed by atoms with Gasteiger partial charge in [0.15, 0.2) is 0 Å². The van der Waals surface area contributed by atoms with Crippen LogP contribution in [0.5, 0.6) is 0 Å². The summed E-state index contributed by atoms with van der Waals surface area (Å²) in [6.07, 6.45) is 5.22. The van der Waals surface area contributed by atoms with E-state index in [1.54, 1.807) is 6.07 Å². The van der Waals surface area contributed by atoms with Crippen molar-refractivity contribution in [2.45, 2.75) is 51.5 Å². The van der Waals surface area contributed by atoms with Crippen LogP contribution in [0.15, 0.2) is 18.2 Å². The molecule has 0 aliphatic heterocycles. The fourth-order valence-corrected chi connectivity index (χ4v) is 3.65. The van der Waals surface area contributed by atoms with Crippen molar-refractivity contribution in [3.63, 3.8) is 0 Å². The van der Waals surface area contributed by atoms with Crippen molar-refractivity contribution in [1.82, 2.24) is 4.90 Å². The number of benzene rings is 1. The SMILES string of the molecule is CC(C)C1CCC(Cc2ccc(F)cc2F)(N(C)C)CC1. The Kier molecular flexibility index (Phi) is 5.03. The minimum Gasteiger partial charge on any atom is -0.303 e. The van der Waals surface area contributed by atoms with Crippen LogP contribution in [0.1, 0.15) is 45.1 Å². The molecule has 21 heavy (non-hydrogen) atoms. The molecule has 1 aliphatic rings. The molecule has 0 unspecified atom stereocenters. The standard InChI is InChI=1S/C18H27F2N/c1-13(2)14-7-9-18(10-8-14,21(3)4)12-15-5-6-16(19)11-17(15)20/h5-6,11,13-14H,7-10,12H2,1-4H3. The first-order chi connectivity index (χ1) is 9.84. The molecule has 0 amide bonds. The number of hydrogen-bond donors (Lipinski definition) is 0. The second-order valence-corrected chi connectivity index (χ2v) is 7.11. The van der Waals surface area contributed by atoms with E-state index < -0.39 is 11.6 Å². The molecule has 0 atom stereocenters. The predicted octanol–water partition coefficient (Wildman–Crippen LogP) is 4.65. The molecule has 1 fully saturated rings. The van der Waals surface area contributed by atoms with Crippen molar-refractivity contribution in [2.75, 3.05) is 14.1 Å². The Labute approximate surface area is 127 Å². The molecule has 1 aromatic rings. The maximum atomic E-state index is 14.0. The predicted molar refractivity (Wildman–Crippen MR) is 83.3 cm³/mol. The van der Waals surface area contributed by atoms with Crippen LogP contribution >= 0.6 is 0 Å². The zero-order chi connectivity index (χ0) is 15.6. The van der Waals surface area contributed by atoms with E-state index in [0.717, 1.165) is 24.8 Å². The Morgan fingerprint density at radius 2 is 1.81 bits per heavy atom. The number of rotatable bonds is 4. The summed E-state index contributed by atoms with van der Waals surface area (Å²) in [7, 11) is 4.16. The second-order valence-electron chi connectivity index (χ2n) is 7.11. The Morgan fingerprint density at radius 3 is 2.29 bits per heavy atom. The Bertz CT molecular complexity index is 474. The lowest BCUT2D eigenvalue weighted by atomic mass is 9.70. The molecule has 1 saturated carbocycles. The van der Waals surface area contributed by atoms with Gasteiger partial charge in [-0.1, -0.05) is 19.9 Å². The van der Waals surface area contributed by atoms with E-state index in [0.29, 0.717) is 17.9 Å². The Balaban J connectivity index is 2.17. The minimum absolute atomic E-state index is 0.00403. The van der Waals surface area contributed by atoms with Crippen molar-refractivity contribution in [3.05, 3.63) is 35.4 Å². The molecule has 1 aliphatic carbocycles. The lowest BCUT2D eigenvalue weighted by molar-refractivity contribution is 0.0676. The molecule has 0 heterocycles. The fraction of sp³-hybridized carbons (Fsp3) is 0.667. The van der Waals surface area contributed by atoms with Crippen molar-refractivity contribution < 1.29 is 8.78 Å². The van der Waals surface area contributed by atoms with E-state index in [2.05, 4.69) is 32.8 Å². The molecule has 0 N–H and O–H groups in total. The molecule has 3 heteroatoms. The number of halogens is 2. The van der Waals surface area contributed by atoms with E-state index in [1.165, 1.54) is 18.9 Å². The van der Waals surface area contributed by atoms with Gasteiger partial charge in [0.05, 0.1) is 0 Å². The van der Waals surface area contributed by atoms with Gasteiger partial charge in [-0.25, -0.2) is 8.78 Å². The highest BCUT2D eigenvalue weighted by molar-refractivity contribution is 5.21. The lowest BCUT2D eigenvalue weighted by Crippen LogP contribution is -2.49. The van der Waals surface area contributed by atoms with Crippen molar-refractivity contribution in [3.8, 4) is 0 Å². The quantitative estimate of drug-likeness (QED) is 0.781. The normalized spacial score (nSPS) is 26.6. The zero-order valence-electron chi connectivity index (χ0n) is 13.6. The molecule has 1 nitrogen and oxygen atoms in total. The third-order valence-electron chi connectivity index (χ3n) is 5.39. The van der Waals surface area contributed by atoms with E-state index >= 15 is 0 Å². The topological polar surface area (TPSA) is 3.24 Å². The lowest BCUT2D eigenvalue weighted by Gasteiger charge is -2.46. The van der Waals surface area contributed by atoms with Gasteiger partial charge in [0.25, 0.3) is 0 Å². The smallest absolute Gasteiger partial charge is 0.129 e. The summed E-state index contributed by atoms with van der Waals surface area (Å²) in [5.41, 5.74) is 0.637. The molecular formula is C18H27F2N. The minimum atomic E-state index is -0.501. The average molecular weight is 295 g/mol. The monoisotopic (exact) mass is 295 g/mol. The molecule has 0 saturated heterocycles. The molecule has 0 bridgehead atoms. The summed E-state index contributed by atoms with van der Waals surface area (Å²) in [5, 5.41) is 0. The first-order valence-corrected chi connectivity index (χ1v) is 7.95. The van der Waals surface area contributed by atoms with E-state index in [1.807, 2.05) is 0 Å². The molecule has 0 radical (unpaired) electrons. The molecule has 118 valence electrons. The van der Waals surface area contributed by atoms with Crippen molar-refractivity contribution >= 4 is 0 Å². The average Bonchev–Trinajstić information content (AvgIpc) is 2.42. The van der Waals surface area contributed by atoms with Gasteiger partial charge < -0.3 is 4.90 Å². The first kappa shape index (κ1) is 16.4. The number of likely N-dealkylation sites (N-methyl/N-ethyl adjacent to an activating group) is 1. The second kappa shape index (κ2) is 6.43. The maximum absolute atomic E-state index is 14.0. The van der Waals surface area contributed by atoms with Crippen molar-refractivity contribution in [1.29, 1.82) is 0 Å². The summed E-state index contributed by atoms with van der Waals surface area (Å²) in [4.78, 5) is 2.24. The first-order valence-electron chi connectivity index (χ1n) is 7.95. The van der Waals surface area contributed by atoms with Gasteiger partial charge in [0, 0.05) is 11.6 Å². The molecular weight excluding hydrogens is 268 g/mol. The highest BCUT2D eigenvalue weighted by Crippen LogP contribution is 2.40. The van der Waals surface area contributed by atoms with E-state index in [4.69, 9.17) is 0 Å². The molecule has 0 spiro atoms. The van der Waals surface area contributed by atoms with Crippen LogP contribution in [-0.2, 0) is 6.42 Å². The van der Waals surface area contributed by atoms with Crippen LogP contribution in [0.3, 0.4) is 0 Å².